The number of rotatable bonds is 2. The minimum atomic E-state index is 0. The molecule has 1 aliphatic rings. The van der Waals surface area contributed by atoms with Crippen molar-refractivity contribution in [2.24, 2.45) is 0 Å². The molecule has 0 aromatic rings. The van der Waals surface area contributed by atoms with Gasteiger partial charge in [-0.2, -0.15) is 5.57 Å². The van der Waals surface area contributed by atoms with Crippen molar-refractivity contribution in [1.82, 2.24) is 0 Å². The van der Waals surface area contributed by atoms with Gasteiger partial charge in [0.1, 0.15) is 0 Å². The number of carbonyl (C=O) groups excluding carboxylic acids is 1. The molecule has 0 fully saturated rings. The van der Waals surface area contributed by atoms with Gasteiger partial charge in [-0.3, -0.25) is 4.79 Å². The zero-order chi connectivity index (χ0) is 8.97. The number of ketones is 1. The summed E-state index contributed by atoms with van der Waals surface area (Å²) in [7, 11) is 1.54. The molecule has 0 saturated carbocycles. The zero-order valence-corrected chi connectivity index (χ0v) is 10.7. The summed E-state index contributed by atoms with van der Waals surface area (Å²) in [6.45, 7) is 1.94. The second-order valence-corrected chi connectivity index (χ2v) is 2.43. The summed E-state index contributed by atoms with van der Waals surface area (Å²) in [5, 5.41) is 0. The monoisotopic (exact) mass is 376 g/mol. The van der Waals surface area contributed by atoms with Crippen LogP contribution in [-0.2, 0) is 27.1 Å². The Morgan fingerprint density at radius 1 is 1.43 bits per heavy atom. The number of hydrogen-bond acceptors (Lipinski definition) is 1. The van der Waals surface area contributed by atoms with Gasteiger partial charge in [-0.1, -0.05) is 6.08 Å². The standard InChI is InChI=1S/C10H11O2.CH3.Au/c1-3-4-8-5-6-9(11)10(7-8)12-2;;/h3-7H,1-2H3;1H3;/q2*-1;/p+1/b8-4+;;. The van der Waals surface area contributed by atoms with Crippen LogP contribution in [-0.4, -0.2) is 17.7 Å². The van der Waals surface area contributed by atoms with E-state index < -0.39 is 0 Å². The maximum absolute atomic E-state index is 9.25. The molecule has 0 heterocycles. The van der Waals surface area contributed by atoms with E-state index in [0.717, 1.165) is 5.57 Å². The maximum atomic E-state index is 9.25. The van der Waals surface area contributed by atoms with E-state index in [1.54, 1.807) is 12.2 Å². The minimum absolute atomic E-state index is 0. The molecule has 2 nitrogen and oxygen atoms in total. The Morgan fingerprint density at radius 3 is 2.57 bits per heavy atom. The first-order chi connectivity index (χ1) is 5.77. The van der Waals surface area contributed by atoms with Gasteiger partial charge in [0.05, 0.1) is 7.11 Å². The van der Waals surface area contributed by atoms with Crippen LogP contribution in [0, 0.1) is 13.8 Å². The average molecular weight is 376 g/mol. The van der Waals surface area contributed by atoms with Crippen LogP contribution in [0.1, 0.15) is 6.92 Å². The smallest absolute Gasteiger partial charge is 0.378 e. The van der Waals surface area contributed by atoms with E-state index in [-0.39, 0.29) is 35.6 Å². The molecule has 0 bridgehead atoms. The molecule has 0 aromatic heterocycles. The Balaban J connectivity index is 0. The molecule has 0 atom stereocenters. The number of hydrogen-bond donors (Lipinski definition) is 0. The molecule has 1 radical (unpaired) electrons. The minimum Gasteiger partial charge on any atom is -0.489 e. The summed E-state index contributed by atoms with van der Waals surface area (Å²) in [5.74, 6) is 0.677. The van der Waals surface area contributed by atoms with Crippen LogP contribution < -0.4 is 0 Å². The molecule has 14 heavy (non-hydrogen) atoms. The van der Waals surface area contributed by atoms with E-state index in [1.807, 2.05) is 25.5 Å². The van der Waals surface area contributed by atoms with Crippen LogP contribution in [0.2, 0.25) is 0 Å². The van der Waals surface area contributed by atoms with Gasteiger partial charge in [0.15, 0.2) is 0 Å². The fraction of sp³-hybridized carbons (Fsp3) is 0.182. The van der Waals surface area contributed by atoms with Crippen molar-refractivity contribution in [3.63, 3.8) is 0 Å². The SMILES string of the molecule is C[CH-]/C=C1\C=CC(=[OH+])C(OC)=C1.[Au].[CH3-]. The molecule has 0 unspecified atom stereocenters. The Bertz CT molecular complexity index is 275. The van der Waals surface area contributed by atoms with Crippen molar-refractivity contribution in [2.45, 2.75) is 6.92 Å². The molecule has 1 aliphatic carbocycles. The third kappa shape index (κ3) is 4.01. The third-order valence-corrected chi connectivity index (χ3v) is 1.56. The summed E-state index contributed by atoms with van der Waals surface area (Å²) in [6.07, 6.45) is 9.12. The van der Waals surface area contributed by atoms with E-state index in [1.165, 1.54) is 7.11 Å². The molecule has 0 spiro atoms. The van der Waals surface area contributed by atoms with Crippen molar-refractivity contribution < 1.29 is 31.9 Å². The Morgan fingerprint density at radius 2 is 2.07 bits per heavy atom. The quantitative estimate of drug-likeness (QED) is 0.413. The first-order valence-electron chi connectivity index (χ1n) is 3.77. The van der Waals surface area contributed by atoms with Crippen LogP contribution in [0.3, 0.4) is 0 Å². The van der Waals surface area contributed by atoms with E-state index in [4.69, 9.17) is 4.74 Å². The van der Waals surface area contributed by atoms with E-state index in [0.29, 0.717) is 5.76 Å². The Kier molecular flexibility index (Phi) is 8.65. The van der Waals surface area contributed by atoms with Crippen LogP contribution in [0.5, 0.6) is 0 Å². The predicted molar refractivity (Wildman–Crippen MR) is 55.6 cm³/mol. The van der Waals surface area contributed by atoms with Crippen molar-refractivity contribution in [1.29, 1.82) is 0 Å². The van der Waals surface area contributed by atoms with Gasteiger partial charge in [-0.25, -0.2) is 12.5 Å². The zero-order valence-electron chi connectivity index (χ0n) is 8.54. The number of allylic oxidation sites excluding steroid dienone is 5. The molecule has 1 rings (SSSR count). The maximum Gasteiger partial charge on any atom is 0.378 e. The molecular formula is C11H15AuO2-. The Labute approximate surface area is 101 Å². The van der Waals surface area contributed by atoms with E-state index in [2.05, 4.69) is 0 Å². The predicted octanol–water partition coefficient (Wildman–Crippen LogP) is 2.23. The van der Waals surface area contributed by atoms with E-state index in [9.17, 15) is 4.79 Å². The first kappa shape index (κ1) is 15.8. The summed E-state index contributed by atoms with van der Waals surface area (Å²) < 4.78 is 4.95. The van der Waals surface area contributed by atoms with E-state index >= 15 is 0 Å². The third-order valence-electron chi connectivity index (χ3n) is 1.56. The second kappa shape index (κ2) is 7.68. The average Bonchev–Trinajstić information content (AvgIpc) is 2.09. The van der Waals surface area contributed by atoms with Crippen LogP contribution in [0.25, 0.3) is 0 Å². The van der Waals surface area contributed by atoms with Gasteiger partial charge in [-0.15, -0.1) is 13.0 Å². The summed E-state index contributed by atoms with van der Waals surface area (Å²) in [4.78, 5) is 9.25. The van der Waals surface area contributed by atoms with Crippen molar-refractivity contribution in [2.75, 3.05) is 7.11 Å². The topological polar surface area (TPSA) is 30.6 Å². The summed E-state index contributed by atoms with van der Waals surface area (Å²) in [5.41, 5.74) is 1.02. The molecule has 3 heteroatoms. The molecule has 0 saturated heterocycles. The van der Waals surface area contributed by atoms with Crippen LogP contribution >= 0.6 is 0 Å². The molecule has 83 valence electrons. The molecule has 0 aromatic carbocycles. The van der Waals surface area contributed by atoms with Crippen molar-refractivity contribution in [3.8, 4) is 0 Å². The fourth-order valence-electron chi connectivity index (χ4n) is 0.990. The molecule has 1 N–H and O–H groups in total. The molecular weight excluding hydrogens is 361 g/mol. The van der Waals surface area contributed by atoms with Gasteiger partial charge in [0, 0.05) is 28.5 Å². The number of methoxy groups -OCH3 is 1. The van der Waals surface area contributed by atoms with Gasteiger partial charge in [-0.05, 0) is 0 Å². The van der Waals surface area contributed by atoms with Gasteiger partial charge < -0.3 is 12.2 Å². The van der Waals surface area contributed by atoms with Crippen LogP contribution in [0.4, 0.5) is 0 Å². The Hall–Kier alpha value is -0.700. The van der Waals surface area contributed by atoms with Crippen molar-refractivity contribution in [3.05, 3.63) is 49.5 Å². The van der Waals surface area contributed by atoms with Gasteiger partial charge in [0.2, 0.25) is 5.76 Å². The first-order valence-corrected chi connectivity index (χ1v) is 3.77. The molecule has 0 aliphatic heterocycles. The van der Waals surface area contributed by atoms with Gasteiger partial charge >= 0.3 is 5.78 Å². The summed E-state index contributed by atoms with van der Waals surface area (Å²) in [6, 6.07) is 0. The molecule has 0 amide bonds. The van der Waals surface area contributed by atoms with Crippen LogP contribution in [0.15, 0.2) is 35.6 Å². The summed E-state index contributed by atoms with van der Waals surface area (Å²) >= 11 is 0. The number of ether oxygens (including phenoxy) is 1. The van der Waals surface area contributed by atoms with Gasteiger partial charge in [0.25, 0.3) is 0 Å². The fourth-order valence-corrected chi connectivity index (χ4v) is 0.990. The second-order valence-electron chi connectivity index (χ2n) is 2.43. The van der Waals surface area contributed by atoms with Crippen molar-refractivity contribution >= 4 is 5.78 Å². The normalized spacial score (nSPS) is 16.6. The largest absolute Gasteiger partial charge is 0.489 e.